The smallest absolute Gasteiger partial charge is 0.265 e. The Hall–Kier alpha value is -2.78. The summed E-state index contributed by atoms with van der Waals surface area (Å²) in [5.41, 5.74) is 0.910. The molecule has 26 heavy (non-hydrogen) atoms. The number of carbonyl (C=O) groups is 1. The van der Waals surface area contributed by atoms with E-state index in [9.17, 15) is 13.2 Å². The molecule has 0 unspecified atom stereocenters. The highest BCUT2D eigenvalue weighted by atomic mass is 32.2. The van der Waals surface area contributed by atoms with Crippen LogP contribution in [0.15, 0.2) is 64.6 Å². The Morgan fingerprint density at radius 1 is 1.12 bits per heavy atom. The number of rotatable bonds is 6. The van der Waals surface area contributed by atoms with E-state index in [1.807, 2.05) is 25.1 Å². The van der Waals surface area contributed by atoms with Crippen LogP contribution < -0.4 is 10.1 Å². The number of anilines is 1. The van der Waals surface area contributed by atoms with Crippen LogP contribution in [0.1, 0.15) is 5.56 Å². The first-order chi connectivity index (χ1) is 12.5. The number of benzene rings is 2. The summed E-state index contributed by atoms with van der Waals surface area (Å²) >= 11 is 0.796. The maximum Gasteiger partial charge on any atom is 0.265 e. The Kier molecular flexibility index (Phi) is 5.29. The second-order valence-electron chi connectivity index (χ2n) is 5.30. The van der Waals surface area contributed by atoms with E-state index in [0.717, 1.165) is 17.1 Å². The van der Waals surface area contributed by atoms with Crippen LogP contribution in [0.5, 0.6) is 5.75 Å². The minimum atomic E-state index is -3.81. The number of nitrogens with one attached hydrogen (secondary N) is 1. The molecule has 0 aliphatic carbocycles. The summed E-state index contributed by atoms with van der Waals surface area (Å²) in [4.78, 5) is 16.0. The second-order valence-corrected chi connectivity index (χ2v) is 7.90. The summed E-state index contributed by atoms with van der Waals surface area (Å²) in [6.45, 7) is 1.66. The highest BCUT2D eigenvalue weighted by Crippen LogP contribution is 2.22. The van der Waals surface area contributed by atoms with E-state index >= 15 is 0 Å². The third-order valence-electron chi connectivity index (χ3n) is 3.40. The normalized spacial score (nSPS) is 11.1. The van der Waals surface area contributed by atoms with Crippen molar-refractivity contribution in [2.75, 3.05) is 11.9 Å². The lowest BCUT2D eigenvalue weighted by Crippen LogP contribution is -2.20. The standard InChI is InChI=1S/C17H15N3O4S2/c1-12-7-5-6-10-14(12)24-11-15(21)18-16-19-17(20-25-16)26(22,23)13-8-3-2-4-9-13/h2-10H,11H2,1H3,(H,18,19,20,21). The Bertz CT molecular complexity index is 1020. The van der Waals surface area contributed by atoms with Gasteiger partial charge in [0.15, 0.2) is 6.61 Å². The lowest BCUT2D eigenvalue weighted by atomic mass is 10.2. The van der Waals surface area contributed by atoms with Crippen molar-refractivity contribution in [3.8, 4) is 5.75 Å². The molecule has 0 bridgehead atoms. The van der Waals surface area contributed by atoms with Crippen molar-refractivity contribution < 1.29 is 17.9 Å². The Balaban J connectivity index is 1.65. The first kappa shape index (κ1) is 18.0. The molecule has 1 N–H and O–H groups in total. The average Bonchev–Trinajstić information content (AvgIpc) is 3.11. The van der Waals surface area contributed by atoms with E-state index in [0.29, 0.717) is 5.75 Å². The molecule has 7 nitrogen and oxygen atoms in total. The van der Waals surface area contributed by atoms with Crippen molar-refractivity contribution in [2.45, 2.75) is 17.0 Å². The number of ether oxygens (including phenoxy) is 1. The molecule has 134 valence electrons. The third-order valence-corrected chi connectivity index (χ3v) is 5.70. The Labute approximate surface area is 154 Å². The van der Waals surface area contributed by atoms with Gasteiger partial charge in [0.1, 0.15) is 5.75 Å². The number of aryl methyl sites for hydroxylation is 1. The van der Waals surface area contributed by atoms with Gasteiger partial charge in [0.2, 0.25) is 15.0 Å². The number of para-hydroxylation sites is 1. The molecule has 0 atom stereocenters. The zero-order valence-corrected chi connectivity index (χ0v) is 15.4. The van der Waals surface area contributed by atoms with Crippen LogP contribution in [0.25, 0.3) is 0 Å². The molecule has 0 aliphatic rings. The van der Waals surface area contributed by atoms with Crippen LogP contribution in [-0.2, 0) is 14.6 Å². The van der Waals surface area contributed by atoms with Crippen LogP contribution in [0, 0.1) is 6.92 Å². The van der Waals surface area contributed by atoms with E-state index in [1.165, 1.54) is 12.1 Å². The summed E-state index contributed by atoms with van der Waals surface area (Å²) < 4.78 is 34.1. The average molecular weight is 389 g/mol. The molecule has 0 radical (unpaired) electrons. The van der Waals surface area contributed by atoms with Crippen molar-refractivity contribution >= 4 is 32.4 Å². The van der Waals surface area contributed by atoms with Crippen LogP contribution in [0.3, 0.4) is 0 Å². The molecule has 9 heteroatoms. The zero-order valence-electron chi connectivity index (χ0n) is 13.7. The first-order valence-corrected chi connectivity index (χ1v) is 9.84. The summed E-state index contributed by atoms with van der Waals surface area (Å²) in [7, 11) is -3.81. The fourth-order valence-electron chi connectivity index (χ4n) is 2.09. The SMILES string of the molecule is Cc1ccccc1OCC(=O)Nc1nc(S(=O)(=O)c2ccccc2)ns1. The Morgan fingerprint density at radius 2 is 1.81 bits per heavy atom. The van der Waals surface area contributed by atoms with Crippen molar-refractivity contribution in [1.29, 1.82) is 0 Å². The van der Waals surface area contributed by atoms with Gasteiger partial charge in [0.25, 0.3) is 11.1 Å². The number of hydrogen-bond donors (Lipinski definition) is 1. The number of aromatic nitrogens is 2. The fourth-order valence-corrected chi connectivity index (χ4v) is 4.08. The van der Waals surface area contributed by atoms with Crippen molar-refractivity contribution in [2.24, 2.45) is 0 Å². The number of hydrogen-bond acceptors (Lipinski definition) is 7. The predicted octanol–water partition coefficient (Wildman–Crippen LogP) is 2.70. The van der Waals surface area contributed by atoms with Crippen molar-refractivity contribution in [3.63, 3.8) is 0 Å². The van der Waals surface area contributed by atoms with Gasteiger partial charge in [0.05, 0.1) is 4.90 Å². The number of nitrogens with zero attached hydrogens (tertiary/aromatic N) is 2. The first-order valence-electron chi connectivity index (χ1n) is 7.59. The number of carbonyl (C=O) groups excluding carboxylic acids is 1. The summed E-state index contributed by atoms with van der Waals surface area (Å²) in [5, 5.41) is 2.24. The third kappa shape index (κ3) is 4.06. The lowest BCUT2D eigenvalue weighted by molar-refractivity contribution is -0.118. The molecule has 0 aliphatic heterocycles. The minimum Gasteiger partial charge on any atom is -0.483 e. The van der Waals surface area contributed by atoms with Gasteiger partial charge in [-0.3, -0.25) is 10.1 Å². The summed E-state index contributed by atoms with van der Waals surface area (Å²) in [6.07, 6.45) is 0. The van der Waals surface area contributed by atoms with Gasteiger partial charge < -0.3 is 4.74 Å². The second kappa shape index (κ2) is 7.63. The molecule has 1 amide bonds. The van der Waals surface area contributed by atoms with Gasteiger partial charge >= 0.3 is 0 Å². The molecule has 0 saturated heterocycles. The van der Waals surface area contributed by atoms with Gasteiger partial charge in [-0.1, -0.05) is 36.4 Å². The van der Waals surface area contributed by atoms with E-state index in [2.05, 4.69) is 14.7 Å². The predicted molar refractivity (Wildman–Crippen MR) is 97.1 cm³/mol. The molecule has 0 spiro atoms. The lowest BCUT2D eigenvalue weighted by Gasteiger charge is -2.07. The quantitative estimate of drug-likeness (QED) is 0.696. The largest absolute Gasteiger partial charge is 0.483 e. The van der Waals surface area contributed by atoms with Crippen LogP contribution in [-0.4, -0.2) is 30.3 Å². The summed E-state index contributed by atoms with van der Waals surface area (Å²) in [5.74, 6) is 0.153. The zero-order chi connectivity index (χ0) is 18.6. The highest BCUT2D eigenvalue weighted by Gasteiger charge is 2.23. The van der Waals surface area contributed by atoms with Crippen molar-refractivity contribution in [1.82, 2.24) is 9.36 Å². The molecular formula is C17H15N3O4S2. The van der Waals surface area contributed by atoms with E-state index < -0.39 is 15.7 Å². The number of sulfone groups is 1. The van der Waals surface area contributed by atoms with Gasteiger partial charge in [-0.05, 0) is 30.7 Å². The minimum absolute atomic E-state index is 0.0953. The molecule has 0 fully saturated rings. The van der Waals surface area contributed by atoms with Gasteiger partial charge in [-0.15, -0.1) is 0 Å². The molecule has 1 aromatic heterocycles. The molecule has 0 saturated carbocycles. The fraction of sp³-hybridized carbons (Fsp3) is 0.118. The van der Waals surface area contributed by atoms with Crippen molar-refractivity contribution in [3.05, 3.63) is 60.2 Å². The van der Waals surface area contributed by atoms with Gasteiger partial charge in [-0.25, -0.2) is 8.42 Å². The highest BCUT2D eigenvalue weighted by molar-refractivity contribution is 7.91. The monoisotopic (exact) mass is 389 g/mol. The molecule has 3 aromatic rings. The van der Waals surface area contributed by atoms with Gasteiger partial charge in [-0.2, -0.15) is 9.36 Å². The molecule has 2 aromatic carbocycles. The summed E-state index contributed by atoms with van der Waals surface area (Å²) in [6, 6.07) is 15.2. The van der Waals surface area contributed by atoms with E-state index in [1.54, 1.807) is 24.3 Å². The van der Waals surface area contributed by atoms with Gasteiger partial charge in [0, 0.05) is 11.5 Å². The maximum absolute atomic E-state index is 12.4. The molecule has 3 rings (SSSR count). The molecule has 1 heterocycles. The topological polar surface area (TPSA) is 98.2 Å². The van der Waals surface area contributed by atoms with Crippen LogP contribution in [0.2, 0.25) is 0 Å². The van der Waals surface area contributed by atoms with E-state index in [4.69, 9.17) is 4.74 Å². The van der Waals surface area contributed by atoms with Crippen LogP contribution >= 0.6 is 11.5 Å². The Morgan fingerprint density at radius 3 is 2.54 bits per heavy atom. The van der Waals surface area contributed by atoms with E-state index in [-0.39, 0.29) is 21.8 Å². The maximum atomic E-state index is 12.4. The molecular weight excluding hydrogens is 374 g/mol. The number of amides is 1. The van der Waals surface area contributed by atoms with Crippen LogP contribution in [0.4, 0.5) is 5.13 Å².